The summed E-state index contributed by atoms with van der Waals surface area (Å²) in [7, 11) is 2.18. The number of hydrogen-bond acceptors (Lipinski definition) is 6. The second kappa shape index (κ2) is 8.88. The summed E-state index contributed by atoms with van der Waals surface area (Å²) in [4.78, 5) is 14.3. The highest BCUT2D eigenvalue weighted by Crippen LogP contribution is 2.25. The maximum absolute atomic E-state index is 5.68. The van der Waals surface area contributed by atoms with Crippen LogP contribution in [0, 0.1) is 0 Å². The maximum Gasteiger partial charge on any atom is 0.0924 e. The van der Waals surface area contributed by atoms with E-state index in [1.165, 1.54) is 5.69 Å². The summed E-state index contributed by atoms with van der Waals surface area (Å²) in [6, 6.07) is 6.77. The monoisotopic (exact) mass is 393 g/mol. The van der Waals surface area contributed by atoms with Crippen LogP contribution in [0.15, 0.2) is 36.8 Å². The quantitative estimate of drug-likeness (QED) is 0.665. The molecule has 7 nitrogen and oxygen atoms in total. The molecule has 1 saturated heterocycles. The fraction of sp³-hybridized carbons (Fsp3) is 0.500. The Morgan fingerprint density at radius 1 is 1.10 bits per heavy atom. The Hall–Kier alpha value is -2.51. The maximum atomic E-state index is 5.68. The second-order valence-electron chi connectivity index (χ2n) is 7.92. The van der Waals surface area contributed by atoms with Crippen LogP contribution in [0.25, 0.3) is 22.3 Å². The van der Waals surface area contributed by atoms with Gasteiger partial charge in [0.25, 0.3) is 0 Å². The average Bonchev–Trinajstić information content (AvgIpc) is 3.24. The molecule has 3 aromatic rings. The van der Waals surface area contributed by atoms with Crippen molar-refractivity contribution in [3.8, 4) is 11.3 Å². The lowest BCUT2D eigenvalue weighted by atomic mass is 10.1. The minimum Gasteiger partial charge on any atom is -0.369 e. The fourth-order valence-corrected chi connectivity index (χ4v) is 3.95. The van der Waals surface area contributed by atoms with Crippen LogP contribution in [-0.2, 0) is 0 Å². The number of fused-ring (bicyclic) bond motifs is 1. The van der Waals surface area contributed by atoms with E-state index in [4.69, 9.17) is 10.7 Å². The Labute approximate surface area is 172 Å². The van der Waals surface area contributed by atoms with Gasteiger partial charge in [-0.25, -0.2) is 4.98 Å². The van der Waals surface area contributed by atoms with Crippen LogP contribution >= 0.6 is 0 Å². The first-order valence-corrected chi connectivity index (χ1v) is 10.6. The molecular weight excluding hydrogens is 362 g/mol. The van der Waals surface area contributed by atoms with Gasteiger partial charge in [0.05, 0.1) is 35.2 Å². The molecule has 1 aliphatic rings. The SMILES string of the molecule is CCC(CCCN)n1cc(-c2cnc3ccc(N4CCN(C)CC4)cc3n2)cn1. The molecule has 3 heterocycles. The Morgan fingerprint density at radius 3 is 2.69 bits per heavy atom. The molecule has 1 fully saturated rings. The van der Waals surface area contributed by atoms with Gasteiger partial charge in [0.2, 0.25) is 0 Å². The molecule has 29 heavy (non-hydrogen) atoms. The van der Waals surface area contributed by atoms with Crippen molar-refractivity contribution in [2.45, 2.75) is 32.2 Å². The summed E-state index contributed by atoms with van der Waals surface area (Å²) in [5, 5.41) is 4.59. The van der Waals surface area contributed by atoms with Gasteiger partial charge in [-0.15, -0.1) is 0 Å². The van der Waals surface area contributed by atoms with E-state index < -0.39 is 0 Å². The van der Waals surface area contributed by atoms with E-state index in [1.807, 2.05) is 12.4 Å². The molecule has 0 bridgehead atoms. The average molecular weight is 394 g/mol. The third-order valence-corrected chi connectivity index (χ3v) is 5.88. The topological polar surface area (TPSA) is 76.1 Å². The first kappa shape index (κ1) is 19.8. The number of nitrogens with two attached hydrogens (primary N) is 1. The van der Waals surface area contributed by atoms with Gasteiger partial charge in [0.1, 0.15) is 0 Å². The van der Waals surface area contributed by atoms with Gasteiger partial charge in [0.15, 0.2) is 0 Å². The number of hydrogen-bond donors (Lipinski definition) is 1. The highest BCUT2D eigenvalue weighted by atomic mass is 15.3. The highest BCUT2D eigenvalue weighted by Gasteiger charge is 2.16. The molecular formula is C22H31N7. The Balaban J connectivity index is 1.58. The normalized spacial score (nSPS) is 16.4. The number of piperazine rings is 1. The summed E-state index contributed by atoms with van der Waals surface area (Å²) < 4.78 is 2.05. The van der Waals surface area contributed by atoms with Crippen LogP contribution in [0.4, 0.5) is 5.69 Å². The van der Waals surface area contributed by atoms with Crippen molar-refractivity contribution in [1.29, 1.82) is 0 Å². The Morgan fingerprint density at radius 2 is 1.93 bits per heavy atom. The second-order valence-corrected chi connectivity index (χ2v) is 7.92. The number of likely N-dealkylation sites (N-methyl/N-ethyl adjacent to an activating group) is 1. The molecule has 1 aliphatic heterocycles. The molecule has 0 amide bonds. The largest absolute Gasteiger partial charge is 0.369 e. The van der Waals surface area contributed by atoms with Crippen LogP contribution < -0.4 is 10.6 Å². The molecule has 4 rings (SSSR count). The summed E-state index contributed by atoms with van der Waals surface area (Å²) in [5.74, 6) is 0. The van der Waals surface area contributed by atoms with Crippen LogP contribution in [0.5, 0.6) is 0 Å². The van der Waals surface area contributed by atoms with Gasteiger partial charge in [0, 0.05) is 43.6 Å². The van der Waals surface area contributed by atoms with Crippen molar-refractivity contribution in [2.24, 2.45) is 5.73 Å². The minimum atomic E-state index is 0.379. The van der Waals surface area contributed by atoms with Gasteiger partial charge in [-0.1, -0.05) is 6.92 Å². The highest BCUT2D eigenvalue weighted by molar-refractivity contribution is 5.80. The van der Waals surface area contributed by atoms with E-state index in [-0.39, 0.29) is 0 Å². The van der Waals surface area contributed by atoms with E-state index in [9.17, 15) is 0 Å². The number of anilines is 1. The van der Waals surface area contributed by atoms with Gasteiger partial charge < -0.3 is 15.5 Å². The van der Waals surface area contributed by atoms with Crippen LogP contribution in [0.3, 0.4) is 0 Å². The Kier molecular flexibility index (Phi) is 6.06. The van der Waals surface area contributed by atoms with E-state index in [0.717, 1.165) is 74.3 Å². The zero-order valence-electron chi connectivity index (χ0n) is 17.5. The number of nitrogens with zero attached hydrogens (tertiary/aromatic N) is 6. The molecule has 1 unspecified atom stereocenters. The lowest BCUT2D eigenvalue weighted by molar-refractivity contribution is 0.313. The zero-order chi connectivity index (χ0) is 20.2. The summed E-state index contributed by atoms with van der Waals surface area (Å²) in [5.41, 5.74) is 10.6. The first-order chi connectivity index (χ1) is 14.2. The van der Waals surface area contributed by atoms with E-state index in [0.29, 0.717) is 6.04 Å². The molecule has 7 heteroatoms. The van der Waals surface area contributed by atoms with Gasteiger partial charge >= 0.3 is 0 Å². The van der Waals surface area contributed by atoms with Crippen molar-refractivity contribution in [3.05, 3.63) is 36.8 Å². The molecule has 0 spiro atoms. The first-order valence-electron chi connectivity index (χ1n) is 10.6. The van der Waals surface area contributed by atoms with E-state index >= 15 is 0 Å². The summed E-state index contributed by atoms with van der Waals surface area (Å²) in [6.45, 7) is 7.18. The lowest BCUT2D eigenvalue weighted by Gasteiger charge is -2.34. The van der Waals surface area contributed by atoms with E-state index in [2.05, 4.69) is 62.9 Å². The predicted octanol–water partition coefficient (Wildman–Crippen LogP) is 2.94. The fourth-order valence-electron chi connectivity index (χ4n) is 3.95. The molecule has 2 N–H and O–H groups in total. The standard InChI is InChI=1S/C22H31N7/c1-3-18(5-4-8-23)29-16-17(14-25-29)22-15-24-20-7-6-19(13-21(20)26-22)28-11-9-27(2)10-12-28/h6-7,13-16,18H,3-5,8-12,23H2,1-2H3. The van der Waals surface area contributed by atoms with Crippen molar-refractivity contribution in [3.63, 3.8) is 0 Å². The van der Waals surface area contributed by atoms with Crippen molar-refractivity contribution >= 4 is 16.7 Å². The number of benzene rings is 1. The number of rotatable bonds is 7. The van der Waals surface area contributed by atoms with E-state index in [1.54, 1.807) is 0 Å². The van der Waals surface area contributed by atoms with Crippen molar-refractivity contribution in [1.82, 2.24) is 24.6 Å². The van der Waals surface area contributed by atoms with Gasteiger partial charge in [-0.2, -0.15) is 5.10 Å². The van der Waals surface area contributed by atoms with Crippen LogP contribution in [-0.4, -0.2) is 64.4 Å². The summed E-state index contributed by atoms with van der Waals surface area (Å²) >= 11 is 0. The van der Waals surface area contributed by atoms with Crippen LogP contribution in [0.2, 0.25) is 0 Å². The molecule has 154 valence electrons. The molecule has 0 aliphatic carbocycles. The molecule has 2 aromatic heterocycles. The third kappa shape index (κ3) is 4.41. The molecule has 1 atom stereocenters. The van der Waals surface area contributed by atoms with Gasteiger partial charge in [-0.05, 0) is 51.1 Å². The third-order valence-electron chi connectivity index (χ3n) is 5.88. The van der Waals surface area contributed by atoms with Gasteiger partial charge in [-0.3, -0.25) is 9.67 Å². The molecule has 0 saturated carbocycles. The minimum absolute atomic E-state index is 0.379. The zero-order valence-corrected chi connectivity index (χ0v) is 17.5. The Bertz CT molecular complexity index is 943. The molecule has 1 aromatic carbocycles. The summed E-state index contributed by atoms with van der Waals surface area (Å²) in [6.07, 6.45) is 8.93. The van der Waals surface area contributed by atoms with Crippen LogP contribution in [0.1, 0.15) is 32.2 Å². The molecule has 0 radical (unpaired) electrons. The number of aromatic nitrogens is 4. The lowest BCUT2D eigenvalue weighted by Crippen LogP contribution is -2.44. The van der Waals surface area contributed by atoms with Crippen molar-refractivity contribution in [2.75, 3.05) is 44.7 Å². The smallest absolute Gasteiger partial charge is 0.0924 e. The van der Waals surface area contributed by atoms with Crippen molar-refractivity contribution < 1.29 is 0 Å². The predicted molar refractivity (Wildman–Crippen MR) is 118 cm³/mol.